The van der Waals surface area contributed by atoms with Crippen LogP contribution < -0.4 is 0 Å². The lowest BCUT2D eigenvalue weighted by Crippen LogP contribution is -2.49. The van der Waals surface area contributed by atoms with Gasteiger partial charge in [-0.1, -0.05) is 54.6 Å². The molecule has 3 rings (SSSR count). The quantitative estimate of drug-likeness (QED) is 0.898. The van der Waals surface area contributed by atoms with Crippen LogP contribution in [0.25, 0.3) is 0 Å². The fraction of sp³-hybridized carbons (Fsp3) is 0.250. The van der Waals surface area contributed by atoms with Gasteiger partial charge in [-0.25, -0.2) is 4.79 Å². The zero-order valence-corrected chi connectivity index (χ0v) is 14.8. The Balaban J connectivity index is 1.61. The molecule has 1 aliphatic heterocycles. The Morgan fingerprint density at radius 1 is 1.12 bits per heavy atom. The molecule has 2 aromatic carbocycles. The largest absolute Gasteiger partial charge is 0.444 e. The van der Waals surface area contributed by atoms with Crippen LogP contribution in [0.1, 0.15) is 12.5 Å². The highest BCUT2D eigenvalue weighted by Gasteiger charge is 2.34. The molecule has 2 aromatic rings. The summed E-state index contributed by atoms with van der Waals surface area (Å²) in [6, 6.07) is 19.1. The molecule has 1 amide bonds. The van der Waals surface area contributed by atoms with E-state index in [-0.39, 0.29) is 17.9 Å². The van der Waals surface area contributed by atoms with Gasteiger partial charge in [-0.3, -0.25) is 4.90 Å². The van der Waals surface area contributed by atoms with Crippen LogP contribution in [0.2, 0.25) is 0 Å². The van der Waals surface area contributed by atoms with Gasteiger partial charge in [0.2, 0.25) is 0 Å². The lowest BCUT2D eigenvalue weighted by molar-refractivity contribution is 0.0536. The van der Waals surface area contributed by atoms with Crippen molar-refractivity contribution >= 4 is 17.9 Å². The summed E-state index contributed by atoms with van der Waals surface area (Å²) >= 11 is 1.58. The number of carbonyl (C=O) groups is 1. The van der Waals surface area contributed by atoms with Crippen molar-refractivity contribution in [2.45, 2.75) is 35.8 Å². The Bertz CT molecular complexity index is 720. The standard InChI is InChI=1S/C20H21NO3S/c1-15-19(22)18(25-17-10-6-3-7-11-17)12-13-21(15)20(23)24-14-16-8-4-2-5-9-16/h2-13,15,18-19,22H,14H2,1H3/t15-,18+,19-/m1/s1. The van der Waals surface area contributed by atoms with Crippen LogP contribution in [0.5, 0.6) is 0 Å². The number of ether oxygens (including phenoxy) is 1. The van der Waals surface area contributed by atoms with Crippen LogP contribution in [-0.4, -0.2) is 33.5 Å². The van der Waals surface area contributed by atoms with E-state index >= 15 is 0 Å². The van der Waals surface area contributed by atoms with Gasteiger partial charge in [0.15, 0.2) is 0 Å². The summed E-state index contributed by atoms with van der Waals surface area (Å²) in [6.45, 7) is 2.05. The molecule has 3 atom stereocenters. The molecule has 1 N–H and O–H groups in total. The van der Waals surface area contributed by atoms with Crippen molar-refractivity contribution in [3.63, 3.8) is 0 Å². The smallest absolute Gasteiger partial charge is 0.414 e. The molecule has 0 radical (unpaired) electrons. The van der Waals surface area contributed by atoms with Crippen molar-refractivity contribution in [2.75, 3.05) is 0 Å². The third-order valence-corrected chi connectivity index (χ3v) is 5.39. The number of hydrogen-bond donors (Lipinski definition) is 1. The zero-order valence-electron chi connectivity index (χ0n) is 14.0. The summed E-state index contributed by atoms with van der Waals surface area (Å²) in [6.07, 6.45) is 2.45. The highest BCUT2D eigenvalue weighted by molar-refractivity contribution is 8.00. The topological polar surface area (TPSA) is 49.8 Å². The van der Waals surface area contributed by atoms with E-state index in [4.69, 9.17) is 4.74 Å². The number of rotatable bonds is 4. The fourth-order valence-corrected chi connectivity index (χ4v) is 3.80. The van der Waals surface area contributed by atoms with E-state index < -0.39 is 12.2 Å². The average Bonchev–Trinajstić information content (AvgIpc) is 2.65. The third-order valence-electron chi connectivity index (χ3n) is 4.14. The molecule has 0 unspecified atom stereocenters. The number of hydrogen-bond acceptors (Lipinski definition) is 4. The normalized spacial score (nSPS) is 22.6. The van der Waals surface area contributed by atoms with Gasteiger partial charge < -0.3 is 9.84 Å². The van der Waals surface area contributed by atoms with Crippen molar-refractivity contribution in [2.24, 2.45) is 0 Å². The van der Waals surface area contributed by atoms with Crippen LogP contribution in [0.15, 0.2) is 77.8 Å². The first-order valence-electron chi connectivity index (χ1n) is 8.22. The van der Waals surface area contributed by atoms with Gasteiger partial charge in [0.25, 0.3) is 0 Å². The van der Waals surface area contributed by atoms with E-state index in [1.807, 2.05) is 73.7 Å². The minimum Gasteiger partial charge on any atom is -0.444 e. The van der Waals surface area contributed by atoms with Gasteiger partial charge in [-0.05, 0) is 24.6 Å². The second-order valence-electron chi connectivity index (χ2n) is 5.92. The predicted molar refractivity (Wildman–Crippen MR) is 99.2 cm³/mol. The molecule has 5 heteroatoms. The fourth-order valence-electron chi connectivity index (χ4n) is 2.65. The molecule has 0 aromatic heterocycles. The van der Waals surface area contributed by atoms with Gasteiger partial charge in [0, 0.05) is 11.1 Å². The molecule has 0 bridgehead atoms. The number of amides is 1. The van der Waals surface area contributed by atoms with E-state index in [2.05, 4.69) is 0 Å². The number of nitrogens with zero attached hydrogens (tertiary/aromatic N) is 1. The summed E-state index contributed by atoms with van der Waals surface area (Å²) in [7, 11) is 0. The average molecular weight is 355 g/mol. The molecule has 0 saturated heterocycles. The Labute approximate surface area is 152 Å². The SMILES string of the molecule is C[C@@H]1[C@@H](O)[C@@H](Sc2ccccc2)C=CN1C(=O)OCc1ccccc1. The van der Waals surface area contributed by atoms with E-state index in [0.29, 0.717) is 0 Å². The maximum Gasteiger partial charge on any atom is 0.414 e. The molecule has 0 saturated carbocycles. The minimum atomic E-state index is -0.667. The number of aliphatic hydroxyl groups excluding tert-OH is 1. The van der Waals surface area contributed by atoms with Crippen molar-refractivity contribution in [1.82, 2.24) is 4.90 Å². The summed E-state index contributed by atoms with van der Waals surface area (Å²) < 4.78 is 5.36. The highest BCUT2D eigenvalue weighted by Crippen LogP contribution is 2.31. The zero-order chi connectivity index (χ0) is 17.6. The van der Waals surface area contributed by atoms with Crippen molar-refractivity contribution in [1.29, 1.82) is 0 Å². The van der Waals surface area contributed by atoms with Crippen LogP contribution in [0.4, 0.5) is 4.79 Å². The number of thioether (sulfide) groups is 1. The molecule has 1 aliphatic rings. The second-order valence-corrected chi connectivity index (χ2v) is 7.17. The van der Waals surface area contributed by atoms with E-state index in [9.17, 15) is 9.90 Å². The molecule has 0 spiro atoms. The third kappa shape index (κ3) is 4.44. The molecule has 4 nitrogen and oxygen atoms in total. The molecule has 25 heavy (non-hydrogen) atoms. The molecule has 0 fully saturated rings. The summed E-state index contributed by atoms with van der Waals surface area (Å²) in [5.74, 6) is 0. The molecule has 130 valence electrons. The maximum atomic E-state index is 12.3. The Kier molecular flexibility index (Phi) is 5.79. The van der Waals surface area contributed by atoms with E-state index in [1.54, 1.807) is 18.0 Å². The van der Waals surface area contributed by atoms with Crippen LogP contribution >= 0.6 is 11.8 Å². The molecular formula is C20H21NO3S. The highest BCUT2D eigenvalue weighted by atomic mass is 32.2. The number of benzene rings is 2. The Morgan fingerprint density at radius 3 is 2.44 bits per heavy atom. The van der Waals surface area contributed by atoms with Gasteiger partial charge in [0.05, 0.1) is 17.4 Å². The summed E-state index contributed by atoms with van der Waals surface area (Å²) in [5, 5.41) is 10.5. The molecule has 1 heterocycles. The first-order chi connectivity index (χ1) is 12.1. The van der Waals surface area contributed by atoms with Crippen LogP contribution in [-0.2, 0) is 11.3 Å². The Hall–Kier alpha value is -2.24. The second kappa shape index (κ2) is 8.23. The van der Waals surface area contributed by atoms with Crippen LogP contribution in [0.3, 0.4) is 0 Å². The summed E-state index contributed by atoms with van der Waals surface area (Å²) in [5.41, 5.74) is 0.933. The van der Waals surface area contributed by atoms with E-state index in [0.717, 1.165) is 10.5 Å². The maximum absolute atomic E-state index is 12.3. The van der Waals surface area contributed by atoms with Crippen molar-refractivity contribution in [3.05, 3.63) is 78.5 Å². The van der Waals surface area contributed by atoms with Crippen LogP contribution in [0, 0.1) is 0 Å². The first-order valence-corrected chi connectivity index (χ1v) is 9.10. The lowest BCUT2D eigenvalue weighted by Gasteiger charge is -2.36. The predicted octanol–water partition coefficient (Wildman–Crippen LogP) is 4.06. The first kappa shape index (κ1) is 17.6. The molecular weight excluding hydrogens is 334 g/mol. The van der Waals surface area contributed by atoms with Gasteiger partial charge >= 0.3 is 6.09 Å². The number of aliphatic hydroxyl groups is 1. The molecule has 0 aliphatic carbocycles. The van der Waals surface area contributed by atoms with Crippen molar-refractivity contribution < 1.29 is 14.6 Å². The monoisotopic (exact) mass is 355 g/mol. The van der Waals surface area contributed by atoms with Gasteiger partial charge in [-0.15, -0.1) is 11.8 Å². The Morgan fingerprint density at radius 2 is 1.76 bits per heavy atom. The van der Waals surface area contributed by atoms with Crippen molar-refractivity contribution in [3.8, 4) is 0 Å². The van der Waals surface area contributed by atoms with Gasteiger partial charge in [0.1, 0.15) is 6.61 Å². The van der Waals surface area contributed by atoms with Gasteiger partial charge in [-0.2, -0.15) is 0 Å². The lowest BCUT2D eigenvalue weighted by atomic mass is 10.1. The number of carbonyl (C=O) groups excluding carboxylic acids is 1. The van der Waals surface area contributed by atoms with E-state index in [1.165, 1.54) is 4.90 Å². The minimum absolute atomic E-state index is 0.101. The summed E-state index contributed by atoms with van der Waals surface area (Å²) in [4.78, 5) is 14.9.